The van der Waals surface area contributed by atoms with E-state index < -0.39 is 46.6 Å². The molecule has 1 heterocycles. The highest BCUT2D eigenvalue weighted by Gasteiger charge is 2.24. The third kappa shape index (κ3) is 2.56. The molecule has 2 aromatic rings. The van der Waals surface area contributed by atoms with Crippen molar-refractivity contribution in [2.24, 2.45) is 0 Å². The summed E-state index contributed by atoms with van der Waals surface area (Å²) in [5.74, 6) is -11.3. The average Bonchev–Trinajstić information content (AvgIpc) is 2.42. The molecule has 0 spiro atoms. The molecule has 0 unspecified atom stereocenters. The Bertz CT molecular complexity index is 649. The lowest BCUT2D eigenvalue weighted by molar-refractivity contribution is 0.0709. The van der Waals surface area contributed by atoms with E-state index >= 15 is 0 Å². The Hall–Kier alpha value is -2.58. The standard InChI is InChI=1S/C11H3F5N2O2/c12-4-3-5(13)9(16)10(8(4)15)20-11(19)6-1-2-7(14)18-17-6/h1-3H/i14-1. The van der Waals surface area contributed by atoms with Crippen molar-refractivity contribution >= 4 is 5.97 Å². The molecule has 0 saturated carbocycles. The summed E-state index contributed by atoms with van der Waals surface area (Å²) in [6, 6.07) is 1.51. The molecule has 20 heavy (non-hydrogen) atoms. The van der Waals surface area contributed by atoms with E-state index in [1.165, 1.54) is 0 Å². The fourth-order valence-corrected chi connectivity index (χ4v) is 1.21. The Labute approximate surface area is 107 Å². The number of hydrogen-bond donors (Lipinski definition) is 0. The van der Waals surface area contributed by atoms with Crippen LogP contribution in [0.5, 0.6) is 5.75 Å². The Kier molecular flexibility index (Phi) is 3.59. The van der Waals surface area contributed by atoms with Crippen molar-refractivity contribution in [2.75, 3.05) is 0 Å². The predicted octanol–water partition coefficient (Wildman–Crippen LogP) is 2.39. The molecule has 0 bridgehead atoms. The molecule has 1 aromatic carbocycles. The van der Waals surface area contributed by atoms with Crippen LogP contribution in [-0.2, 0) is 0 Å². The molecule has 0 aliphatic heterocycles. The van der Waals surface area contributed by atoms with Gasteiger partial charge in [0.25, 0.3) is 0 Å². The fraction of sp³-hybridized carbons (Fsp3) is 0. The zero-order chi connectivity index (χ0) is 14.9. The quantitative estimate of drug-likeness (QED) is 0.369. The highest BCUT2D eigenvalue weighted by atomic mass is 19.2. The number of benzene rings is 1. The molecule has 0 aliphatic rings. The number of carbonyl (C=O) groups excluding carboxylic acids is 1. The highest BCUT2D eigenvalue weighted by molar-refractivity contribution is 5.88. The van der Waals surface area contributed by atoms with Gasteiger partial charge in [-0.1, -0.05) is 0 Å². The first-order chi connectivity index (χ1) is 9.40. The molecular weight excluding hydrogens is 286 g/mol. The average molecular weight is 289 g/mol. The van der Waals surface area contributed by atoms with E-state index in [9.17, 15) is 26.7 Å². The van der Waals surface area contributed by atoms with Gasteiger partial charge in [0.2, 0.25) is 23.3 Å². The number of esters is 1. The summed E-state index contributed by atoms with van der Waals surface area (Å²) >= 11 is 0. The summed E-state index contributed by atoms with van der Waals surface area (Å²) in [4.78, 5) is 11.4. The second kappa shape index (κ2) is 5.19. The minimum Gasteiger partial charge on any atom is -0.415 e. The van der Waals surface area contributed by atoms with Crippen molar-refractivity contribution in [3.8, 4) is 5.75 Å². The molecule has 0 aliphatic carbocycles. The van der Waals surface area contributed by atoms with Gasteiger partial charge in [-0.2, -0.15) is 13.2 Å². The largest absolute Gasteiger partial charge is 0.415 e. The minimum absolute atomic E-state index is 0.0420. The van der Waals surface area contributed by atoms with Gasteiger partial charge in [0.1, 0.15) is 0 Å². The molecule has 0 N–H and O–H groups in total. The number of aromatic nitrogens is 2. The van der Waals surface area contributed by atoms with Crippen molar-refractivity contribution in [1.29, 1.82) is 0 Å². The fourth-order valence-electron chi connectivity index (χ4n) is 1.21. The Morgan fingerprint density at radius 2 is 1.55 bits per heavy atom. The molecule has 9 heteroatoms. The molecule has 2 rings (SSSR count). The van der Waals surface area contributed by atoms with E-state index in [1.807, 2.05) is 0 Å². The zero-order valence-electron chi connectivity index (χ0n) is 9.33. The molecule has 0 radical (unpaired) electrons. The molecule has 0 saturated heterocycles. The van der Waals surface area contributed by atoms with Gasteiger partial charge < -0.3 is 4.74 Å². The molecule has 4 nitrogen and oxygen atoms in total. The predicted molar refractivity (Wildman–Crippen MR) is 53.2 cm³/mol. The van der Waals surface area contributed by atoms with Crippen LogP contribution in [0.25, 0.3) is 0 Å². The van der Waals surface area contributed by atoms with Crippen molar-refractivity contribution in [1.82, 2.24) is 10.2 Å². The van der Waals surface area contributed by atoms with Gasteiger partial charge in [0, 0.05) is 6.07 Å². The Balaban J connectivity index is 2.35. The van der Waals surface area contributed by atoms with E-state index in [-0.39, 0.29) is 6.07 Å². The van der Waals surface area contributed by atoms with Crippen LogP contribution in [0, 0.1) is 29.2 Å². The molecule has 104 valence electrons. The number of ether oxygens (including phenoxy) is 1. The smallest absolute Gasteiger partial charge is 0.364 e. The Morgan fingerprint density at radius 3 is 2.05 bits per heavy atom. The normalized spacial score (nSPS) is 10.4. The topological polar surface area (TPSA) is 52.1 Å². The van der Waals surface area contributed by atoms with E-state index in [0.717, 1.165) is 12.1 Å². The molecule has 0 atom stereocenters. The van der Waals surface area contributed by atoms with Crippen molar-refractivity contribution < 1.29 is 31.5 Å². The van der Waals surface area contributed by atoms with Crippen LogP contribution in [-0.4, -0.2) is 16.2 Å². The lowest BCUT2D eigenvalue weighted by atomic mass is 10.3. The number of rotatable bonds is 2. The summed E-state index contributed by atoms with van der Waals surface area (Å²) < 4.78 is 68.8. The molecular formula is C11H3F5N2O2. The zero-order valence-corrected chi connectivity index (χ0v) is 9.33. The van der Waals surface area contributed by atoms with E-state index in [2.05, 4.69) is 14.9 Å². The van der Waals surface area contributed by atoms with Crippen LogP contribution in [0.3, 0.4) is 0 Å². The lowest BCUT2D eigenvalue weighted by Crippen LogP contribution is -2.14. The first-order valence-corrected chi connectivity index (χ1v) is 4.94. The van der Waals surface area contributed by atoms with Crippen molar-refractivity contribution in [2.45, 2.75) is 0 Å². The van der Waals surface area contributed by atoms with Crippen molar-refractivity contribution in [3.05, 3.63) is 53.1 Å². The third-order valence-electron chi connectivity index (χ3n) is 2.11. The monoisotopic (exact) mass is 289 g/mol. The first kappa shape index (κ1) is 13.8. The molecule has 0 amide bonds. The van der Waals surface area contributed by atoms with Crippen LogP contribution in [0.1, 0.15) is 10.5 Å². The van der Waals surface area contributed by atoms with Gasteiger partial charge in [-0.05, 0) is 12.1 Å². The summed E-state index contributed by atoms with van der Waals surface area (Å²) in [6.45, 7) is 0. The Morgan fingerprint density at radius 1 is 0.950 bits per heavy atom. The van der Waals surface area contributed by atoms with Crippen LogP contribution in [0.4, 0.5) is 22.0 Å². The lowest BCUT2D eigenvalue weighted by Gasteiger charge is -2.07. The van der Waals surface area contributed by atoms with Gasteiger partial charge in [-0.15, -0.1) is 10.2 Å². The van der Waals surface area contributed by atoms with Crippen LogP contribution < -0.4 is 4.74 Å². The first-order valence-electron chi connectivity index (χ1n) is 4.94. The minimum atomic E-state index is -1.88. The van der Waals surface area contributed by atoms with Crippen LogP contribution in [0.15, 0.2) is 18.2 Å². The van der Waals surface area contributed by atoms with Gasteiger partial charge in [0.05, 0.1) is 0 Å². The van der Waals surface area contributed by atoms with Crippen LogP contribution >= 0.6 is 0 Å². The highest BCUT2D eigenvalue weighted by Crippen LogP contribution is 2.26. The maximum atomic E-state index is 13.2. The number of carbonyl (C=O) groups is 1. The number of hydrogen-bond acceptors (Lipinski definition) is 4. The SMILES string of the molecule is O=C(Oc1c(F)c(F)cc(F)c1F)c1ccc([18F])nn1. The third-order valence-corrected chi connectivity index (χ3v) is 2.11. The van der Waals surface area contributed by atoms with Gasteiger partial charge >= 0.3 is 5.97 Å². The maximum Gasteiger partial charge on any atom is 0.364 e. The second-order valence-corrected chi connectivity index (χ2v) is 3.43. The van der Waals surface area contributed by atoms with Gasteiger partial charge in [0.15, 0.2) is 17.3 Å². The van der Waals surface area contributed by atoms with E-state index in [0.29, 0.717) is 0 Å². The summed E-state index contributed by atoms with van der Waals surface area (Å²) in [6.07, 6.45) is 0. The van der Waals surface area contributed by atoms with E-state index in [4.69, 9.17) is 0 Å². The molecule has 0 fully saturated rings. The number of nitrogens with zero attached hydrogens (tertiary/aromatic N) is 2. The van der Waals surface area contributed by atoms with Gasteiger partial charge in [-0.3, -0.25) is 0 Å². The summed E-state index contributed by atoms with van der Waals surface area (Å²) in [5, 5.41) is 5.92. The van der Waals surface area contributed by atoms with Gasteiger partial charge in [-0.25, -0.2) is 13.6 Å². The van der Waals surface area contributed by atoms with Crippen molar-refractivity contribution in [3.63, 3.8) is 0 Å². The van der Waals surface area contributed by atoms with E-state index in [1.54, 1.807) is 0 Å². The number of halogens is 5. The van der Waals surface area contributed by atoms with Crippen LogP contribution in [0.2, 0.25) is 0 Å². The maximum absolute atomic E-state index is 13.2. The summed E-state index contributed by atoms with van der Waals surface area (Å²) in [5.41, 5.74) is -0.602. The second-order valence-electron chi connectivity index (χ2n) is 3.43. The molecule has 1 aromatic heterocycles. The summed E-state index contributed by atoms with van der Waals surface area (Å²) in [7, 11) is 0.